The highest BCUT2D eigenvalue weighted by Crippen LogP contribution is 2.20. The van der Waals surface area contributed by atoms with Crippen molar-refractivity contribution >= 4 is 11.7 Å². The SMILES string of the molecule is C=CCc1cccc2c1C(N)=NC(=O)C2. The van der Waals surface area contributed by atoms with Gasteiger partial charge in [0.05, 0.1) is 6.42 Å². The molecule has 0 aromatic heterocycles. The van der Waals surface area contributed by atoms with E-state index < -0.39 is 0 Å². The monoisotopic (exact) mass is 200 g/mol. The second-order valence-electron chi connectivity index (χ2n) is 3.51. The summed E-state index contributed by atoms with van der Waals surface area (Å²) in [5.41, 5.74) is 8.72. The van der Waals surface area contributed by atoms with Gasteiger partial charge in [0.15, 0.2) is 0 Å². The molecule has 3 nitrogen and oxygen atoms in total. The molecule has 0 fully saturated rings. The number of rotatable bonds is 2. The Hall–Kier alpha value is -1.90. The first-order valence-corrected chi connectivity index (χ1v) is 4.81. The van der Waals surface area contributed by atoms with Crippen molar-refractivity contribution in [2.24, 2.45) is 10.7 Å². The minimum absolute atomic E-state index is 0.171. The molecule has 0 saturated heterocycles. The first-order valence-electron chi connectivity index (χ1n) is 4.81. The molecule has 1 heterocycles. The molecule has 0 bridgehead atoms. The molecule has 0 unspecified atom stereocenters. The molecule has 0 aliphatic carbocycles. The van der Waals surface area contributed by atoms with Gasteiger partial charge >= 0.3 is 0 Å². The van der Waals surface area contributed by atoms with E-state index in [-0.39, 0.29) is 5.91 Å². The fraction of sp³-hybridized carbons (Fsp3) is 0.167. The number of hydrogen-bond donors (Lipinski definition) is 1. The average molecular weight is 200 g/mol. The third kappa shape index (κ3) is 1.68. The van der Waals surface area contributed by atoms with Crippen molar-refractivity contribution in [1.29, 1.82) is 0 Å². The molecule has 1 aliphatic heterocycles. The summed E-state index contributed by atoms with van der Waals surface area (Å²) in [6, 6.07) is 5.84. The summed E-state index contributed by atoms with van der Waals surface area (Å²) in [5.74, 6) is 0.162. The van der Waals surface area contributed by atoms with Crippen LogP contribution in [0.25, 0.3) is 0 Å². The van der Waals surface area contributed by atoms with Crippen LogP contribution in [0.2, 0.25) is 0 Å². The molecule has 0 saturated carbocycles. The second-order valence-corrected chi connectivity index (χ2v) is 3.51. The Morgan fingerprint density at radius 2 is 2.33 bits per heavy atom. The second kappa shape index (κ2) is 3.69. The lowest BCUT2D eigenvalue weighted by Crippen LogP contribution is -2.25. The van der Waals surface area contributed by atoms with E-state index in [1.54, 1.807) is 0 Å². The lowest BCUT2D eigenvalue weighted by atomic mass is 9.94. The van der Waals surface area contributed by atoms with Crippen molar-refractivity contribution < 1.29 is 4.79 Å². The number of nitrogens with zero attached hydrogens (tertiary/aromatic N) is 1. The van der Waals surface area contributed by atoms with Crippen molar-refractivity contribution in [2.75, 3.05) is 0 Å². The van der Waals surface area contributed by atoms with Crippen molar-refractivity contribution in [3.63, 3.8) is 0 Å². The Morgan fingerprint density at radius 3 is 3.07 bits per heavy atom. The third-order valence-electron chi connectivity index (χ3n) is 2.44. The van der Waals surface area contributed by atoms with Crippen LogP contribution in [0.4, 0.5) is 0 Å². The summed E-state index contributed by atoms with van der Waals surface area (Å²) in [6.45, 7) is 3.70. The highest BCUT2D eigenvalue weighted by Gasteiger charge is 2.19. The van der Waals surface area contributed by atoms with Gasteiger partial charge in [-0.15, -0.1) is 6.58 Å². The van der Waals surface area contributed by atoms with Crippen LogP contribution in [-0.4, -0.2) is 11.7 Å². The number of carbonyl (C=O) groups excluding carboxylic acids is 1. The molecule has 3 heteroatoms. The number of hydrogen-bond acceptors (Lipinski definition) is 2. The number of carbonyl (C=O) groups is 1. The molecule has 1 aliphatic rings. The van der Waals surface area contributed by atoms with Crippen molar-refractivity contribution in [1.82, 2.24) is 0 Å². The summed E-state index contributed by atoms with van der Waals surface area (Å²) < 4.78 is 0. The zero-order valence-corrected chi connectivity index (χ0v) is 8.36. The van der Waals surface area contributed by atoms with E-state index in [1.165, 1.54) is 0 Å². The van der Waals surface area contributed by atoms with Gasteiger partial charge in [-0.3, -0.25) is 4.79 Å². The minimum atomic E-state index is -0.171. The van der Waals surface area contributed by atoms with Crippen LogP contribution in [-0.2, 0) is 17.6 Å². The maximum Gasteiger partial charge on any atom is 0.252 e. The number of benzene rings is 1. The molecule has 1 aromatic rings. The van der Waals surface area contributed by atoms with E-state index >= 15 is 0 Å². The Morgan fingerprint density at radius 1 is 1.53 bits per heavy atom. The van der Waals surface area contributed by atoms with Gasteiger partial charge in [-0.25, -0.2) is 0 Å². The summed E-state index contributed by atoms with van der Waals surface area (Å²) >= 11 is 0. The first kappa shape index (κ1) is 9.65. The molecule has 1 amide bonds. The Kier molecular flexibility index (Phi) is 2.37. The molecule has 2 N–H and O–H groups in total. The molecule has 0 spiro atoms. The van der Waals surface area contributed by atoms with E-state index in [4.69, 9.17) is 5.73 Å². The number of amides is 1. The van der Waals surface area contributed by atoms with E-state index in [9.17, 15) is 4.79 Å². The van der Waals surface area contributed by atoms with Gasteiger partial charge in [-0.1, -0.05) is 24.3 Å². The molecule has 1 aromatic carbocycles. The Labute approximate surface area is 88.3 Å². The van der Waals surface area contributed by atoms with Crippen LogP contribution in [0.3, 0.4) is 0 Å². The van der Waals surface area contributed by atoms with Gasteiger partial charge in [0.25, 0.3) is 5.91 Å². The van der Waals surface area contributed by atoms with E-state index in [1.807, 2.05) is 24.3 Å². The fourth-order valence-corrected chi connectivity index (χ4v) is 1.85. The van der Waals surface area contributed by atoms with Crippen LogP contribution in [0.1, 0.15) is 16.7 Å². The van der Waals surface area contributed by atoms with E-state index in [0.717, 1.165) is 23.1 Å². The van der Waals surface area contributed by atoms with E-state index in [0.29, 0.717) is 12.3 Å². The maximum atomic E-state index is 11.2. The number of nitrogens with two attached hydrogens (primary N) is 1. The zero-order chi connectivity index (χ0) is 10.8. The topological polar surface area (TPSA) is 55.4 Å². The zero-order valence-electron chi connectivity index (χ0n) is 8.36. The van der Waals surface area contributed by atoms with Gasteiger partial charge in [0.1, 0.15) is 5.84 Å². The number of amidine groups is 1. The van der Waals surface area contributed by atoms with Gasteiger partial charge < -0.3 is 5.73 Å². The predicted molar refractivity (Wildman–Crippen MR) is 59.8 cm³/mol. The molecule has 76 valence electrons. The van der Waals surface area contributed by atoms with Gasteiger partial charge in [-0.2, -0.15) is 4.99 Å². The Bertz CT molecular complexity index is 461. The largest absolute Gasteiger partial charge is 0.383 e. The van der Waals surface area contributed by atoms with Crippen molar-refractivity contribution in [3.8, 4) is 0 Å². The molecule has 0 atom stereocenters. The summed E-state index contributed by atoms with van der Waals surface area (Å²) in [5, 5.41) is 0. The predicted octanol–water partition coefficient (Wildman–Crippen LogP) is 1.20. The fourth-order valence-electron chi connectivity index (χ4n) is 1.85. The maximum absolute atomic E-state index is 11.2. The van der Waals surface area contributed by atoms with E-state index in [2.05, 4.69) is 11.6 Å². The lowest BCUT2D eigenvalue weighted by molar-refractivity contribution is -0.117. The molecular weight excluding hydrogens is 188 g/mol. The van der Waals surface area contributed by atoms with Crippen LogP contribution in [0.5, 0.6) is 0 Å². The average Bonchev–Trinajstić information content (AvgIpc) is 2.17. The highest BCUT2D eigenvalue weighted by molar-refractivity contribution is 6.09. The van der Waals surface area contributed by atoms with Gasteiger partial charge in [-0.05, 0) is 17.5 Å². The van der Waals surface area contributed by atoms with Crippen molar-refractivity contribution in [2.45, 2.75) is 12.8 Å². The summed E-state index contributed by atoms with van der Waals surface area (Å²) in [7, 11) is 0. The first-order chi connectivity index (χ1) is 7.22. The third-order valence-corrected chi connectivity index (χ3v) is 2.44. The molecule has 15 heavy (non-hydrogen) atoms. The van der Waals surface area contributed by atoms with Crippen molar-refractivity contribution in [3.05, 3.63) is 47.5 Å². The van der Waals surface area contributed by atoms with Crippen LogP contribution in [0, 0.1) is 0 Å². The molecule has 0 radical (unpaired) electrons. The number of fused-ring (bicyclic) bond motifs is 1. The smallest absolute Gasteiger partial charge is 0.252 e. The summed E-state index contributed by atoms with van der Waals surface area (Å²) in [4.78, 5) is 15.0. The highest BCUT2D eigenvalue weighted by atomic mass is 16.1. The standard InChI is InChI=1S/C12H12N2O/c1-2-4-8-5-3-6-9-7-10(15)14-12(13)11(8)9/h2-3,5-6H,1,4,7H2,(H2,13,14,15). The number of aliphatic imine (C=N–C) groups is 1. The normalized spacial score (nSPS) is 14.4. The van der Waals surface area contributed by atoms with Gasteiger partial charge in [0.2, 0.25) is 0 Å². The van der Waals surface area contributed by atoms with Crippen LogP contribution >= 0.6 is 0 Å². The van der Waals surface area contributed by atoms with Crippen LogP contribution in [0.15, 0.2) is 35.8 Å². The number of allylic oxidation sites excluding steroid dienone is 1. The minimum Gasteiger partial charge on any atom is -0.383 e. The molecular formula is C12H12N2O. The Balaban J connectivity index is 2.58. The summed E-state index contributed by atoms with van der Waals surface area (Å²) in [6.07, 6.45) is 2.91. The molecule has 2 rings (SSSR count). The lowest BCUT2D eigenvalue weighted by Gasteiger charge is -2.16. The quantitative estimate of drug-likeness (QED) is 0.729. The van der Waals surface area contributed by atoms with Gasteiger partial charge in [0, 0.05) is 5.56 Å². The van der Waals surface area contributed by atoms with Crippen LogP contribution < -0.4 is 5.73 Å².